The van der Waals surface area contributed by atoms with Crippen molar-refractivity contribution in [2.45, 2.75) is 63.1 Å². The highest BCUT2D eigenvalue weighted by Crippen LogP contribution is 2.40. The Morgan fingerprint density at radius 3 is 2.59 bits per heavy atom. The van der Waals surface area contributed by atoms with Crippen LogP contribution >= 0.6 is 0 Å². The number of nitrogens with one attached hydrogen (secondary N) is 1. The number of ether oxygens (including phenoxy) is 1. The molecule has 3 aromatic rings. The summed E-state index contributed by atoms with van der Waals surface area (Å²) in [6, 6.07) is 12.2. The maximum absolute atomic E-state index is 13.5. The zero-order chi connectivity index (χ0) is 27.5. The Hall–Kier alpha value is -3.62. The van der Waals surface area contributed by atoms with E-state index >= 15 is 0 Å². The molecule has 7 rings (SSSR count). The number of pyridine rings is 1. The Morgan fingerprint density at radius 1 is 1.05 bits per heavy atom. The number of rotatable bonds is 5. The zero-order valence-corrected chi connectivity index (χ0v) is 21.9. The summed E-state index contributed by atoms with van der Waals surface area (Å²) in [6.45, 7) is 3.98. The van der Waals surface area contributed by atoms with Crippen LogP contribution < -0.4 is 10.2 Å². The number of likely N-dealkylation sites (tertiary alicyclic amines) is 1. The monoisotopic (exact) mass is 525 g/mol. The van der Waals surface area contributed by atoms with Crippen LogP contribution in [0.15, 0.2) is 48.7 Å². The van der Waals surface area contributed by atoms with Gasteiger partial charge in [0.2, 0.25) is 11.8 Å². The summed E-state index contributed by atoms with van der Waals surface area (Å²) in [5.41, 5.74) is 4.28. The van der Waals surface area contributed by atoms with Gasteiger partial charge in [0, 0.05) is 55.4 Å². The number of imide groups is 1. The molecule has 3 saturated heterocycles. The van der Waals surface area contributed by atoms with E-state index in [0.717, 1.165) is 55.7 Å². The fourth-order valence-electron chi connectivity index (χ4n) is 6.63. The van der Waals surface area contributed by atoms with Crippen LogP contribution in [0.25, 0.3) is 10.8 Å². The van der Waals surface area contributed by atoms with Crippen LogP contribution in [-0.2, 0) is 27.3 Å². The number of piperidine rings is 2. The number of anilines is 1. The lowest BCUT2D eigenvalue weighted by atomic mass is 9.88. The Morgan fingerprint density at radius 2 is 1.85 bits per heavy atom. The van der Waals surface area contributed by atoms with Crippen molar-refractivity contribution < 1.29 is 20.5 Å². The van der Waals surface area contributed by atoms with Gasteiger partial charge in [-0.1, -0.05) is 36.4 Å². The van der Waals surface area contributed by atoms with E-state index in [2.05, 4.69) is 34.5 Å². The number of hydrogen-bond acceptors (Lipinski definition) is 6. The summed E-state index contributed by atoms with van der Waals surface area (Å²) >= 11 is 0. The van der Waals surface area contributed by atoms with Gasteiger partial charge in [-0.3, -0.25) is 34.5 Å². The van der Waals surface area contributed by atoms with Crippen LogP contribution in [0.4, 0.5) is 5.69 Å². The quantitative estimate of drug-likeness (QED) is 0.511. The van der Waals surface area contributed by atoms with Crippen molar-refractivity contribution in [2.75, 3.05) is 24.6 Å². The first kappa shape index (κ1) is 23.3. The molecule has 2 aromatic carbocycles. The maximum Gasteiger partial charge on any atom is 0.259 e. The predicted molar refractivity (Wildman–Crippen MR) is 146 cm³/mol. The van der Waals surface area contributed by atoms with E-state index < -0.39 is 23.7 Å². The van der Waals surface area contributed by atoms with Gasteiger partial charge < -0.3 is 4.74 Å². The van der Waals surface area contributed by atoms with Crippen molar-refractivity contribution in [3.63, 3.8) is 0 Å². The van der Waals surface area contributed by atoms with Crippen LogP contribution in [0, 0.1) is 0 Å². The van der Waals surface area contributed by atoms with Gasteiger partial charge in [0.15, 0.2) is 0 Å². The fraction of sp³-hybridized carbons (Fsp3) is 0.419. The molecule has 4 aliphatic rings. The summed E-state index contributed by atoms with van der Waals surface area (Å²) in [6.07, 6.45) is 6.77. The summed E-state index contributed by atoms with van der Waals surface area (Å²) < 4.78 is 14.9. The van der Waals surface area contributed by atoms with Crippen molar-refractivity contribution in [1.29, 1.82) is 0 Å². The molecule has 0 saturated carbocycles. The molecular formula is C31H32N4O4. The van der Waals surface area contributed by atoms with E-state index in [9.17, 15) is 14.4 Å². The van der Waals surface area contributed by atoms with Gasteiger partial charge in [0.1, 0.15) is 6.02 Å². The van der Waals surface area contributed by atoms with Gasteiger partial charge in [-0.15, -0.1) is 0 Å². The highest BCUT2D eigenvalue weighted by atomic mass is 16.5. The maximum atomic E-state index is 13.5. The number of amides is 3. The molecule has 1 aromatic heterocycles. The lowest BCUT2D eigenvalue weighted by Gasteiger charge is -2.38. The Balaban J connectivity index is 1.10. The van der Waals surface area contributed by atoms with Gasteiger partial charge in [-0.05, 0) is 49.3 Å². The third-order valence-electron chi connectivity index (χ3n) is 8.78. The second-order valence-electron chi connectivity index (χ2n) is 11.2. The second-order valence-corrected chi connectivity index (χ2v) is 11.2. The van der Waals surface area contributed by atoms with E-state index in [1.807, 2.05) is 12.1 Å². The molecule has 39 heavy (non-hydrogen) atoms. The van der Waals surface area contributed by atoms with Crippen molar-refractivity contribution in [2.24, 2.45) is 0 Å². The average molecular weight is 526 g/mol. The Labute approximate surface area is 228 Å². The molecule has 8 nitrogen and oxygen atoms in total. The van der Waals surface area contributed by atoms with E-state index in [4.69, 9.17) is 11.1 Å². The highest BCUT2D eigenvalue weighted by Gasteiger charge is 2.41. The van der Waals surface area contributed by atoms with E-state index in [1.165, 1.54) is 23.3 Å². The predicted octanol–water partition coefficient (Wildman–Crippen LogP) is 3.74. The molecule has 0 radical (unpaired) electrons. The van der Waals surface area contributed by atoms with Crippen molar-refractivity contribution in [3.05, 3.63) is 71.0 Å². The van der Waals surface area contributed by atoms with Crippen LogP contribution in [0.1, 0.15) is 67.1 Å². The van der Waals surface area contributed by atoms with Crippen LogP contribution in [-0.4, -0.2) is 58.9 Å². The molecule has 1 spiro atoms. The number of carbonyl (C=O) groups excluding carboxylic acids is 3. The molecule has 3 fully saturated rings. The molecule has 3 amide bonds. The first-order chi connectivity index (χ1) is 19.4. The van der Waals surface area contributed by atoms with Gasteiger partial charge in [0.05, 0.1) is 24.5 Å². The third kappa shape index (κ3) is 4.32. The summed E-state index contributed by atoms with van der Waals surface area (Å²) in [5, 5.41) is 3.77. The normalized spacial score (nSPS) is 25.0. The number of benzene rings is 2. The first-order valence-electron chi connectivity index (χ1n) is 14.4. The average Bonchev–Trinajstić information content (AvgIpc) is 3.54. The van der Waals surface area contributed by atoms with Gasteiger partial charge in [-0.25, -0.2) is 0 Å². The Kier molecular flexibility index (Phi) is 5.69. The van der Waals surface area contributed by atoms with E-state index in [0.29, 0.717) is 23.1 Å². The molecule has 0 unspecified atom stereocenters. The second kappa shape index (κ2) is 9.54. The van der Waals surface area contributed by atoms with Crippen LogP contribution in [0.2, 0.25) is 0 Å². The lowest BCUT2D eigenvalue weighted by Crippen LogP contribution is -2.53. The van der Waals surface area contributed by atoms with Crippen molar-refractivity contribution >= 4 is 34.2 Å². The Bertz CT molecular complexity index is 1520. The molecule has 200 valence electrons. The summed E-state index contributed by atoms with van der Waals surface area (Å²) in [4.78, 5) is 46.3. The lowest BCUT2D eigenvalue weighted by molar-refractivity contribution is -0.134. The minimum Gasteiger partial charge on any atom is -0.375 e. The molecule has 4 aliphatic heterocycles. The van der Waals surface area contributed by atoms with Gasteiger partial charge >= 0.3 is 0 Å². The summed E-state index contributed by atoms with van der Waals surface area (Å²) in [7, 11) is 0. The first-order valence-corrected chi connectivity index (χ1v) is 13.9. The summed E-state index contributed by atoms with van der Waals surface area (Å²) in [5.74, 6) is -1.62. The molecule has 5 heterocycles. The highest BCUT2D eigenvalue weighted by molar-refractivity contribution is 6.27. The van der Waals surface area contributed by atoms with Crippen LogP contribution in [0.5, 0.6) is 0 Å². The van der Waals surface area contributed by atoms with Gasteiger partial charge in [-0.2, -0.15) is 0 Å². The largest absolute Gasteiger partial charge is 0.375 e. The molecule has 1 atom stereocenters. The number of aromatic nitrogens is 1. The molecule has 0 bridgehead atoms. The van der Waals surface area contributed by atoms with Crippen LogP contribution in [0.3, 0.4) is 0 Å². The number of nitrogens with zero attached hydrogens (tertiary/aromatic N) is 3. The molecule has 8 heteroatoms. The standard InChI is InChI=1S/C31H32N4O4/c36-27-10-9-25(29(37)33-27)35-26-18-32-24(22-3-1-4-23(28(22)26)30(35)38)17-20-5-7-21(8-6-20)19-34-14-12-31(13-15-34)11-2-16-39-31/h1,3-8,18,25H,2,9-17,19H2,(H,33,36,37)/t25-/m1/s1/i25D. The molecular weight excluding hydrogens is 492 g/mol. The molecule has 1 N–H and O–H groups in total. The molecule has 0 aliphatic carbocycles. The minimum atomic E-state index is -1.89. The van der Waals surface area contributed by atoms with Gasteiger partial charge in [0.25, 0.3) is 5.91 Å². The third-order valence-corrected chi connectivity index (χ3v) is 8.78. The number of hydrogen-bond donors (Lipinski definition) is 1. The minimum absolute atomic E-state index is 0.00691. The smallest absolute Gasteiger partial charge is 0.259 e. The topological polar surface area (TPSA) is 91.8 Å². The SMILES string of the molecule is [2H][C@@]1(N2C(=O)c3cccc4c(Cc5ccc(CN6CCC7(CCCO7)CC6)cc5)ncc2c34)CCC(=O)NC1=O. The number of carbonyl (C=O) groups is 3. The van der Waals surface area contributed by atoms with Crippen molar-refractivity contribution in [1.82, 2.24) is 15.2 Å². The van der Waals surface area contributed by atoms with E-state index in [1.54, 1.807) is 12.3 Å². The van der Waals surface area contributed by atoms with E-state index in [-0.39, 0.29) is 18.4 Å². The zero-order valence-electron chi connectivity index (χ0n) is 22.9. The van der Waals surface area contributed by atoms with Crippen molar-refractivity contribution in [3.8, 4) is 0 Å². The fourth-order valence-corrected chi connectivity index (χ4v) is 6.63.